The number of ether oxygens (including phenoxy) is 1. The lowest BCUT2D eigenvalue weighted by Crippen LogP contribution is -2.45. The first-order valence-corrected chi connectivity index (χ1v) is 9.12. The van der Waals surface area contributed by atoms with E-state index in [9.17, 15) is 14.7 Å². The van der Waals surface area contributed by atoms with Gasteiger partial charge >= 0.3 is 0 Å². The molecule has 1 unspecified atom stereocenters. The number of rotatable bonds is 6. The molecule has 150 valence electrons. The summed E-state index contributed by atoms with van der Waals surface area (Å²) in [5.41, 5.74) is 1.06. The van der Waals surface area contributed by atoms with Crippen molar-refractivity contribution in [3.8, 4) is 5.75 Å². The number of carbonyl (C=O) groups is 2. The van der Waals surface area contributed by atoms with Gasteiger partial charge in [-0.3, -0.25) is 9.59 Å². The minimum Gasteiger partial charge on any atom is -0.489 e. The maximum atomic E-state index is 12.6. The first-order valence-electron chi connectivity index (χ1n) is 9.12. The highest BCUT2D eigenvalue weighted by atomic mass is 16.5. The molecule has 0 spiro atoms. The van der Waals surface area contributed by atoms with Gasteiger partial charge in [-0.15, -0.1) is 0 Å². The Morgan fingerprint density at radius 2 is 1.96 bits per heavy atom. The number of aliphatic hydroxyl groups excluding tert-OH is 1. The number of anilines is 1. The molecule has 1 N–H and O–H groups in total. The summed E-state index contributed by atoms with van der Waals surface area (Å²) in [6, 6.07) is 5.25. The average molecular weight is 377 g/mol. The molecule has 2 amide bonds. The summed E-state index contributed by atoms with van der Waals surface area (Å²) in [7, 11) is 7.10. The van der Waals surface area contributed by atoms with Crippen molar-refractivity contribution in [1.29, 1.82) is 0 Å². The van der Waals surface area contributed by atoms with E-state index in [1.807, 2.05) is 31.9 Å². The van der Waals surface area contributed by atoms with Crippen molar-refractivity contribution in [1.82, 2.24) is 9.80 Å². The van der Waals surface area contributed by atoms with Gasteiger partial charge in [-0.2, -0.15) is 0 Å². The molecule has 1 aromatic rings. The quantitative estimate of drug-likeness (QED) is 0.812. The monoisotopic (exact) mass is 377 g/mol. The molecule has 0 bridgehead atoms. The lowest BCUT2D eigenvalue weighted by atomic mass is 9.94. The topological polar surface area (TPSA) is 73.3 Å². The molecule has 1 heterocycles. The number of hydrogen-bond donors (Lipinski definition) is 1. The van der Waals surface area contributed by atoms with Gasteiger partial charge in [0.15, 0.2) is 0 Å². The van der Waals surface area contributed by atoms with Crippen LogP contribution in [0.4, 0.5) is 5.69 Å². The molecule has 2 rings (SSSR count). The van der Waals surface area contributed by atoms with Crippen LogP contribution >= 0.6 is 0 Å². The third kappa shape index (κ3) is 4.91. The number of likely N-dealkylation sites (N-methyl/N-ethyl adjacent to an activating group) is 1. The number of amides is 2. The summed E-state index contributed by atoms with van der Waals surface area (Å²) < 4.78 is 5.83. The van der Waals surface area contributed by atoms with Gasteiger partial charge in [-0.1, -0.05) is 13.8 Å². The van der Waals surface area contributed by atoms with Crippen molar-refractivity contribution in [2.24, 2.45) is 5.41 Å². The highest BCUT2D eigenvalue weighted by Crippen LogP contribution is 2.35. The average Bonchev–Trinajstić information content (AvgIpc) is 2.62. The third-order valence-corrected chi connectivity index (χ3v) is 4.90. The number of hydrogen-bond acceptors (Lipinski definition) is 5. The highest BCUT2D eigenvalue weighted by molar-refractivity contribution is 5.95. The van der Waals surface area contributed by atoms with Crippen LogP contribution in [0.2, 0.25) is 0 Å². The maximum Gasteiger partial charge on any atom is 0.253 e. The van der Waals surface area contributed by atoms with E-state index in [1.54, 1.807) is 38.2 Å². The number of benzene rings is 1. The number of nitrogens with zero attached hydrogens (tertiary/aromatic N) is 3. The van der Waals surface area contributed by atoms with Gasteiger partial charge in [-0.25, -0.2) is 0 Å². The van der Waals surface area contributed by atoms with Gasteiger partial charge in [0, 0.05) is 52.3 Å². The largest absolute Gasteiger partial charge is 0.489 e. The van der Waals surface area contributed by atoms with E-state index in [2.05, 4.69) is 0 Å². The standard InChI is InChI=1S/C20H31N3O4/c1-20(2,13-24)12-22(5)18(25)10-15-11-27-17-8-7-14(19(26)21(3)4)9-16(17)23(15)6/h7-9,15,24H,10-13H2,1-6H3. The van der Waals surface area contributed by atoms with Crippen LogP contribution in [-0.4, -0.2) is 80.7 Å². The molecule has 0 radical (unpaired) electrons. The van der Waals surface area contributed by atoms with Crippen molar-refractivity contribution < 1.29 is 19.4 Å². The van der Waals surface area contributed by atoms with Crippen molar-refractivity contribution in [2.45, 2.75) is 26.3 Å². The predicted octanol–water partition coefficient (Wildman–Crippen LogP) is 1.45. The fraction of sp³-hybridized carbons (Fsp3) is 0.600. The Hall–Kier alpha value is -2.28. The van der Waals surface area contributed by atoms with E-state index < -0.39 is 0 Å². The zero-order chi connectivity index (χ0) is 20.4. The highest BCUT2D eigenvalue weighted by Gasteiger charge is 2.30. The minimum absolute atomic E-state index is 0.000877. The van der Waals surface area contributed by atoms with Crippen LogP contribution in [-0.2, 0) is 4.79 Å². The second kappa shape index (κ2) is 8.17. The molecular formula is C20H31N3O4. The number of carbonyl (C=O) groups excluding carboxylic acids is 2. The molecule has 1 aliphatic heterocycles. The summed E-state index contributed by atoms with van der Waals surface area (Å²) in [4.78, 5) is 30.1. The van der Waals surface area contributed by atoms with Crippen LogP contribution in [0, 0.1) is 5.41 Å². The van der Waals surface area contributed by atoms with Gasteiger partial charge in [0.25, 0.3) is 5.91 Å². The molecule has 0 aliphatic carbocycles. The lowest BCUT2D eigenvalue weighted by molar-refractivity contribution is -0.132. The second-order valence-electron chi connectivity index (χ2n) is 8.23. The Bertz CT molecular complexity index is 702. The second-order valence-corrected chi connectivity index (χ2v) is 8.23. The molecule has 0 saturated heterocycles. The van der Waals surface area contributed by atoms with Gasteiger partial charge in [0.05, 0.1) is 18.2 Å². The van der Waals surface area contributed by atoms with E-state index in [4.69, 9.17) is 4.74 Å². The molecule has 0 aromatic heterocycles. The fourth-order valence-electron chi connectivity index (χ4n) is 3.13. The molecule has 1 atom stereocenters. The first-order chi connectivity index (χ1) is 12.6. The molecule has 0 saturated carbocycles. The van der Waals surface area contributed by atoms with Gasteiger partial charge in [0.1, 0.15) is 12.4 Å². The Kier molecular flexibility index (Phi) is 6.36. The van der Waals surface area contributed by atoms with E-state index in [-0.39, 0.29) is 29.9 Å². The minimum atomic E-state index is -0.340. The van der Waals surface area contributed by atoms with Gasteiger partial charge in [0.2, 0.25) is 5.91 Å². The normalized spacial score (nSPS) is 16.4. The zero-order valence-corrected chi connectivity index (χ0v) is 17.2. The molecule has 1 aromatic carbocycles. The van der Waals surface area contributed by atoms with Crippen molar-refractivity contribution in [3.63, 3.8) is 0 Å². The summed E-state index contributed by atoms with van der Waals surface area (Å²) in [6.45, 7) is 4.76. The zero-order valence-electron chi connectivity index (χ0n) is 17.2. The van der Waals surface area contributed by atoms with Crippen molar-refractivity contribution in [2.75, 3.05) is 52.8 Å². The maximum absolute atomic E-state index is 12.6. The van der Waals surface area contributed by atoms with Crippen molar-refractivity contribution in [3.05, 3.63) is 23.8 Å². The SMILES string of the molecule is CN(C)C(=O)c1ccc2c(c1)N(C)C(CC(=O)N(C)CC(C)(C)CO)CO2. The van der Waals surface area contributed by atoms with Gasteiger partial charge in [-0.05, 0) is 18.2 Å². The van der Waals surface area contributed by atoms with E-state index in [1.165, 1.54) is 4.90 Å². The first kappa shape index (κ1) is 21.0. The summed E-state index contributed by atoms with van der Waals surface area (Å²) in [5.74, 6) is 0.641. The van der Waals surface area contributed by atoms with Crippen LogP contribution in [0.3, 0.4) is 0 Å². The van der Waals surface area contributed by atoms with Crippen LogP contribution in [0.5, 0.6) is 5.75 Å². The lowest BCUT2D eigenvalue weighted by Gasteiger charge is -2.37. The molecule has 1 aliphatic rings. The third-order valence-electron chi connectivity index (χ3n) is 4.90. The number of aliphatic hydroxyl groups is 1. The summed E-state index contributed by atoms with van der Waals surface area (Å²) in [6.07, 6.45) is 0.305. The number of fused-ring (bicyclic) bond motifs is 1. The molecule has 7 heteroatoms. The predicted molar refractivity (Wildman–Crippen MR) is 105 cm³/mol. The van der Waals surface area contributed by atoms with E-state index >= 15 is 0 Å². The fourth-order valence-corrected chi connectivity index (χ4v) is 3.13. The molecule has 27 heavy (non-hydrogen) atoms. The van der Waals surface area contributed by atoms with E-state index in [0.29, 0.717) is 30.9 Å². The van der Waals surface area contributed by atoms with Gasteiger partial charge < -0.3 is 24.5 Å². The van der Waals surface area contributed by atoms with Crippen LogP contribution < -0.4 is 9.64 Å². The molecular weight excluding hydrogens is 346 g/mol. The Balaban J connectivity index is 2.11. The summed E-state index contributed by atoms with van der Waals surface area (Å²) in [5, 5.41) is 9.41. The van der Waals surface area contributed by atoms with Crippen LogP contribution in [0.1, 0.15) is 30.6 Å². The Morgan fingerprint density at radius 3 is 2.56 bits per heavy atom. The Morgan fingerprint density at radius 1 is 1.30 bits per heavy atom. The summed E-state index contributed by atoms with van der Waals surface area (Å²) >= 11 is 0. The smallest absolute Gasteiger partial charge is 0.253 e. The Labute approximate surface area is 161 Å². The molecule has 7 nitrogen and oxygen atoms in total. The van der Waals surface area contributed by atoms with Crippen LogP contribution in [0.25, 0.3) is 0 Å². The van der Waals surface area contributed by atoms with Crippen LogP contribution in [0.15, 0.2) is 18.2 Å². The van der Waals surface area contributed by atoms with E-state index in [0.717, 1.165) is 5.69 Å². The molecule has 0 fully saturated rings. The van der Waals surface area contributed by atoms with Crippen molar-refractivity contribution >= 4 is 17.5 Å².